The van der Waals surface area contributed by atoms with E-state index < -0.39 is 17.7 Å². The van der Waals surface area contributed by atoms with Gasteiger partial charge in [-0.3, -0.25) is 0 Å². The molecule has 2 aromatic heterocycles. The number of methoxy groups -OCH3 is 1. The van der Waals surface area contributed by atoms with Gasteiger partial charge in [-0.15, -0.1) is 0 Å². The van der Waals surface area contributed by atoms with Gasteiger partial charge in [0.15, 0.2) is 11.8 Å². The molecule has 7 rings (SSSR count). The number of benzene rings is 2. The molecular weight excluding hydrogens is 611 g/mol. The van der Waals surface area contributed by atoms with E-state index in [0.717, 1.165) is 49.0 Å². The van der Waals surface area contributed by atoms with Crippen molar-refractivity contribution in [2.45, 2.75) is 97.1 Å². The first-order chi connectivity index (χ1) is 22.8. The van der Waals surface area contributed by atoms with Crippen molar-refractivity contribution in [2.24, 2.45) is 0 Å². The first kappa shape index (κ1) is 33.9. The molecule has 3 aliphatic rings. The predicted molar refractivity (Wildman–Crippen MR) is 184 cm³/mol. The van der Waals surface area contributed by atoms with E-state index in [4.69, 9.17) is 29.0 Å². The molecule has 4 aromatic rings. The zero-order valence-corrected chi connectivity index (χ0v) is 29.1. The predicted octanol–water partition coefficient (Wildman–Crippen LogP) is 7.87. The quantitative estimate of drug-likeness (QED) is 0.206. The van der Waals surface area contributed by atoms with Crippen molar-refractivity contribution in [3.8, 4) is 28.1 Å². The van der Waals surface area contributed by atoms with Crippen LogP contribution in [0.2, 0.25) is 0 Å². The third-order valence-corrected chi connectivity index (χ3v) is 9.27. The summed E-state index contributed by atoms with van der Waals surface area (Å²) in [6, 6.07) is 14.5. The largest absolute Gasteiger partial charge is 0.490 e. The number of ether oxygens (including phenoxy) is 4. The lowest BCUT2D eigenvalue weighted by Gasteiger charge is -2.41. The van der Waals surface area contributed by atoms with Gasteiger partial charge in [0.1, 0.15) is 17.4 Å². The van der Waals surface area contributed by atoms with Crippen LogP contribution in [0.3, 0.4) is 0 Å². The van der Waals surface area contributed by atoms with Gasteiger partial charge >= 0.3 is 5.97 Å². The normalized spacial score (nSPS) is 21.1. The molecule has 5 heterocycles. The van der Waals surface area contributed by atoms with Crippen LogP contribution in [0, 0.1) is 12.7 Å². The van der Waals surface area contributed by atoms with Gasteiger partial charge in [-0.2, -0.15) is 9.61 Å². The number of halogens is 1. The molecule has 0 N–H and O–H groups in total. The Hall–Kier alpha value is -4.02. The zero-order valence-electron chi connectivity index (χ0n) is 29.1. The number of aromatic nitrogens is 3. The highest BCUT2D eigenvalue weighted by atomic mass is 19.1. The summed E-state index contributed by atoms with van der Waals surface area (Å²) < 4.78 is 41.0. The lowest BCUT2D eigenvalue weighted by molar-refractivity contribution is -0.164. The van der Waals surface area contributed by atoms with E-state index in [1.54, 1.807) is 6.07 Å². The fraction of sp³-hybridized carbons (Fsp3) is 0.500. The van der Waals surface area contributed by atoms with Gasteiger partial charge < -0.3 is 23.8 Å². The Morgan fingerprint density at radius 2 is 1.83 bits per heavy atom. The maximum atomic E-state index is 14.6. The van der Waals surface area contributed by atoms with Crippen LogP contribution in [0.1, 0.15) is 84.1 Å². The smallest absolute Gasteiger partial charge is 0.339 e. The zero-order chi connectivity index (χ0) is 34.2. The number of hydrogen-bond acceptors (Lipinski definition) is 8. The average Bonchev–Trinajstić information content (AvgIpc) is 3.47. The summed E-state index contributed by atoms with van der Waals surface area (Å²) >= 11 is 0. The van der Waals surface area contributed by atoms with Crippen molar-refractivity contribution in [3.05, 3.63) is 65.6 Å². The third kappa shape index (κ3) is 7.20. The number of anilines is 1. The second-order valence-corrected chi connectivity index (χ2v) is 14.3. The van der Waals surface area contributed by atoms with Crippen LogP contribution in [0.25, 0.3) is 28.0 Å². The van der Waals surface area contributed by atoms with Gasteiger partial charge in [0, 0.05) is 42.6 Å². The van der Waals surface area contributed by atoms with Crippen molar-refractivity contribution in [1.82, 2.24) is 14.6 Å². The Bertz CT molecular complexity index is 1790. The summed E-state index contributed by atoms with van der Waals surface area (Å²) in [5.74, 6) is 0.563. The molecule has 9 nitrogen and oxygen atoms in total. The van der Waals surface area contributed by atoms with Crippen LogP contribution >= 0.6 is 0 Å². The highest BCUT2D eigenvalue weighted by Crippen LogP contribution is 2.40. The highest BCUT2D eigenvalue weighted by molar-refractivity contribution is 5.81. The lowest BCUT2D eigenvalue weighted by Crippen LogP contribution is -2.46. The van der Waals surface area contributed by atoms with Gasteiger partial charge in [-0.25, -0.2) is 14.2 Å². The molecule has 256 valence electrons. The Balaban J connectivity index is 1.54. The van der Waals surface area contributed by atoms with Gasteiger partial charge in [0.25, 0.3) is 0 Å². The SMILES string of the molecule is COC(=O)[C@@H](OC(C)(C)C)c1c(C)nc2cc3nn2c1N1CCC(C)(CC1)OCCCC[C@H](C)Oc1ccc(F)cc1-c1cccc-3c1. The van der Waals surface area contributed by atoms with Crippen molar-refractivity contribution in [1.29, 1.82) is 0 Å². The molecule has 1 saturated heterocycles. The number of piperidine rings is 1. The van der Waals surface area contributed by atoms with Crippen molar-refractivity contribution in [3.63, 3.8) is 0 Å². The van der Waals surface area contributed by atoms with Crippen LogP contribution in [0.5, 0.6) is 5.75 Å². The minimum absolute atomic E-state index is 0.0433. The molecule has 10 heteroatoms. The van der Waals surface area contributed by atoms with Crippen molar-refractivity contribution < 1.29 is 28.1 Å². The molecule has 2 atom stereocenters. The van der Waals surface area contributed by atoms with Crippen molar-refractivity contribution >= 4 is 17.4 Å². The van der Waals surface area contributed by atoms with Gasteiger partial charge in [0.05, 0.1) is 35.7 Å². The number of fused-ring (bicyclic) bond motifs is 8. The Morgan fingerprint density at radius 3 is 2.56 bits per heavy atom. The van der Waals surface area contributed by atoms with Crippen LogP contribution in [0.4, 0.5) is 10.2 Å². The molecule has 0 unspecified atom stereocenters. The molecule has 3 aliphatic heterocycles. The number of aryl methyl sites for hydroxylation is 1. The highest BCUT2D eigenvalue weighted by Gasteiger charge is 2.38. The second kappa shape index (κ2) is 13.5. The Labute approximate surface area is 282 Å². The Kier molecular flexibility index (Phi) is 9.51. The standard InChI is InChI=1S/C38H47FN4O5/c1-24-11-8-9-20-46-38(6)16-18-42(19-17-38)35-33(34(36(44)45-7)48-37(3,4)5)25(2)40-32-23-30(41-43(32)35)27-13-10-12-26(21-27)29-22-28(39)14-15-31(29)47-24/h10,12-15,21-24,34H,8-9,11,16-20H2,1-7H3/t24-,34-/m0/s1. The summed E-state index contributed by atoms with van der Waals surface area (Å²) in [5, 5.41) is 5.11. The molecular formula is C38H47FN4O5. The van der Waals surface area contributed by atoms with Gasteiger partial charge in [-0.1, -0.05) is 18.2 Å². The van der Waals surface area contributed by atoms with Crippen LogP contribution in [-0.4, -0.2) is 64.7 Å². The number of hydrogen-bond donors (Lipinski definition) is 0. The number of esters is 1. The molecule has 0 aliphatic carbocycles. The van der Waals surface area contributed by atoms with E-state index in [2.05, 4.69) is 18.7 Å². The van der Waals surface area contributed by atoms with E-state index in [9.17, 15) is 9.18 Å². The van der Waals surface area contributed by atoms with E-state index in [-0.39, 0.29) is 17.5 Å². The molecule has 48 heavy (non-hydrogen) atoms. The van der Waals surface area contributed by atoms with Crippen molar-refractivity contribution in [2.75, 3.05) is 31.7 Å². The van der Waals surface area contributed by atoms with Crippen LogP contribution in [0.15, 0.2) is 48.5 Å². The minimum Gasteiger partial charge on any atom is -0.490 e. The number of nitrogens with zero attached hydrogens (tertiary/aromatic N) is 4. The average molecular weight is 659 g/mol. The maximum absolute atomic E-state index is 14.6. The molecule has 2 aromatic carbocycles. The number of carbonyl (C=O) groups is 1. The molecule has 0 spiro atoms. The first-order valence-corrected chi connectivity index (χ1v) is 17.0. The maximum Gasteiger partial charge on any atom is 0.339 e. The molecule has 0 radical (unpaired) electrons. The van der Waals surface area contributed by atoms with Crippen LogP contribution < -0.4 is 9.64 Å². The summed E-state index contributed by atoms with van der Waals surface area (Å²) in [4.78, 5) is 20.6. The fourth-order valence-electron chi connectivity index (χ4n) is 6.69. The summed E-state index contributed by atoms with van der Waals surface area (Å²) in [5.41, 5.74) is 4.06. The molecule has 0 amide bonds. The Morgan fingerprint density at radius 1 is 1.08 bits per heavy atom. The number of rotatable bonds is 3. The molecule has 1 fully saturated rings. The first-order valence-electron chi connectivity index (χ1n) is 17.0. The van der Waals surface area contributed by atoms with E-state index >= 15 is 0 Å². The molecule has 6 bridgehead atoms. The van der Waals surface area contributed by atoms with Crippen LogP contribution in [-0.2, 0) is 19.0 Å². The van der Waals surface area contributed by atoms with E-state index in [0.29, 0.717) is 53.6 Å². The monoisotopic (exact) mass is 658 g/mol. The fourth-order valence-corrected chi connectivity index (χ4v) is 6.69. The second-order valence-electron chi connectivity index (χ2n) is 14.3. The minimum atomic E-state index is -1.01. The van der Waals surface area contributed by atoms with Gasteiger partial charge in [-0.05, 0) is 103 Å². The third-order valence-electron chi connectivity index (χ3n) is 9.27. The van der Waals surface area contributed by atoms with E-state index in [1.165, 1.54) is 19.2 Å². The summed E-state index contributed by atoms with van der Waals surface area (Å²) in [7, 11) is 1.37. The lowest BCUT2D eigenvalue weighted by atomic mass is 9.92. The topological polar surface area (TPSA) is 87.4 Å². The molecule has 0 saturated carbocycles. The summed E-state index contributed by atoms with van der Waals surface area (Å²) in [6.07, 6.45) is 3.29. The summed E-state index contributed by atoms with van der Waals surface area (Å²) in [6.45, 7) is 14.0. The van der Waals surface area contributed by atoms with E-state index in [1.807, 2.05) is 62.5 Å². The van der Waals surface area contributed by atoms with Gasteiger partial charge in [0.2, 0.25) is 0 Å². The number of carbonyl (C=O) groups excluding carboxylic acids is 1.